The number of aliphatic hydroxyl groups excluding tert-OH is 1. The smallest absolute Gasteiger partial charge is 0.306 e. The molecule has 1 N–H and O–H groups in total. The lowest BCUT2D eigenvalue weighted by atomic mass is 9.93. The van der Waals surface area contributed by atoms with E-state index in [1.165, 1.54) is 6.92 Å². The number of esters is 1. The quantitative estimate of drug-likeness (QED) is 0.829. The van der Waals surface area contributed by atoms with Crippen LogP contribution in [0.3, 0.4) is 0 Å². The Morgan fingerprint density at radius 2 is 1.80 bits per heavy atom. The molecule has 0 radical (unpaired) electrons. The summed E-state index contributed by atoms with van der Waals surface area (Å²) in [6, 6.07) is 7.48. The van der Waals surface area contributed by atoms with Crippen molar-refractivity contribution in [3.05, 3.63) is 35.4 Å². The van der Waals surface area contributed by atoms with Crippen LogP contribution in [0, 0.1) is 0 Å². The maximum absolute atomic E-state index is 12.7. The fourth-order valence-corrected chi connectivity index (χ4v) is 3.19. The van der Waals surface area contributed by atoms with Crippen molar-refractivity contribution >= 4 is 17.5 Å². The summed E-state index contributed by atoms with van der Waals surface area (Å²) in [4.78, 5) is 35.9. The monoisotopic (exact) mass is 346 g/mol. The Labute approximate surface area is 148 Å². The number of hydrogen-bond acceptors (Lipinski definition) is 5. The van der Waals surface area contributed by atoms with E-state index in [0.29, 0.717) is 12.0 Å². The minimum Gasteiger partial charge on any atom is -0.449 e. The van der Waals surface area contributed by atoms with Gasteiger partial charge in [-0.25, -0.2) is 0 Å². The molecule has 0 saturated heterocycles. The molecule has 1 aromatic rings. The van der Waals surface area contributed by atoms with Gasteiger partial charge >= 0.3 is 5.97 Å². The zero-order chi connectivity index (χ0) is 18.2. The number of cyclic esters (lactones) is 1. The lowest BCUT2D eigenvalue weighted by molar-refractivity contribution is -0.156. The summed E-state index contributed by atoms with van der Waals surface area (Å²) in [5.41, 5.74) is 1.69. The third kappa shape index (κ3) is 6.09. The molecule has 1 aliphatic rings. The number of Topliss-reactive ketones (excluding diaryl/α,β-unsaturated/α-hetero) is 2. The number of rotatable bonds is 5. The van der Waals surface area contributed by atoms with Crippen molar-refractivity contribution in [3.63, 3.8) is 0 Å². The molecule has 2 rings (SSSR count). The van der Waals surface area contributed by atoms with Gasteiger partial charge in [0.1, 0.15) is 5.78 Å². The van der Waals surface area contributed by atoms with E-state index in [4.69, 9.17) is 4.74 Å². The highest BCUT2D eigenvalue weighted by Gasteiger charge is 2.29. The number of ketones is 2. The van der Waals surface area contributed by atoms with Gasteiger partial charge in [-0.1, -0.05) is 37.1 Å². The lowest BCUT2D eigenvalue weighted by Crippen LogP contribution is -2.25. The number of carbonyl (C=O) groups excluding carboxylic acids is 3. The molecule has 0 amide bonds. The van der Waals surface area contributed by atoms with Crippen molar-refractivity contribution in [3.8, 4) is 0 Å². The fourth-order valence-electron chi connectivity index (χ4n) is 3.19. The summed E-state index contributed by atoms with van der Waals surface area (Å²) < 4.78 is 5.49. The molecule has 5 heteroatoms. The van der Waals surface area contributed by atoms with E-state index in [1.54, 1.807) is 6.07 Å². The van der Waals surface area contributed by atoms with Gasteiger partial charge in [-0.2, -0.15) is 0 Å². The molecule has 25 heavy (non-hydrogen) atoms. The molecule has 0 saturated carbocycles. The van der Waals surface area contributed by atoms with Gasteiger partial charge in [0.25, 0.3) is 0 Å². The zero-order valence-corrected chi connectivity index (χ0v) is 14.7. The molecule has 1 aromatic carbocycles. The largest absolute Gasteiger partial charge is 0.449 e. The van der Waals surface area contributed by atoms with Gasteiger partial charge in [0.05, 0.1) is 6.10 Å². The van der Waals surface area contributed by atoms with Crippen LogP contribution in [0.1, 0.15) is 69.1 Å². The first-order valence-corrected chi connectivity index (χ1v) is 8.95. The van der Waals surface area contributed by atoms with Crippen molar-refractivity contribution in [1.29, 1.82) is 0 Å². The van der Waals surface area contributed by atoms with E-state index < -0.39 is 18.2 Å². The van der Waals surface area contributed by atoms with Gasteiger partial charge in [-0.15, -0.1) is 0 Å². The van der Waals surface area contributed by atoms with Crippen LogP contribution in [0.25, 0.3) is 0 Å². The number of aliphatic hydroxyl groups is 1. The average Bonchev–Trinajstić information content (AvgIpc) is 2.58. The summed E-state index contributed by atoms with van der Waals surface area (Å²) in [5, 5.41) is 9.92. The van der Waals surface area contributed by atoms with Gasteiger partial charge in [-0.05, 0) is 31.7 Å². The van der Waals surface area contributed by atoms with Crippen molar-refractivity contribution in [1.82, 2.24) is 0 Å². The third-order valence-electron chi connectivity index (χ3n) is 4.42. The molecule has 0 fully saturated rings. The average molecular weight is 346 g/mol. The van der Waals surface area contributed by atoms with Gasteiger partial charge in [0, 0.05) is 24.8 Å². The molecule has 0 bridgehead atoms. The van der Waals surface area contributed by atoms with Gasteiger partial charge in [-0.3, -0.25) is 14.4 Å². The SMILES string of the molecule is CC(=O)C[C@H](O)CC(=O)[C@H]1OC(=O)CCCCCCc2ccccc21. The van der Waals surface area contributed by atoms with Crippen LogP contribution in [-0.2, 0) is 25.5 Å². The first-order valence-electron chi connectivity index (χ1n) is 8.95. The maximum Gasteiger partial charge on any atom is 0.306 e. The molecule has 136 valence electrons. The molecular weight excluding hydrogens is 320 g/mol. The Bertz CT molecular complexity index is 622. The van der Waals surface area contributed by atoms with Crippen LogP contribution in [-0.4, -0.2) is 28.7 Å². The zero-order valence-electron chi connectivity index (χ0n) is 14.7. The molecule has 2 atom stereocenters. The van der Waals surface area contributed by atoms with Crippen LogP contribution in [0.15, 0.2) is 24.3 Å². The molecule has 5 nitrogen and oxygen atoms in total. The van der Waals surface area contributed by atoms with Crippen molar-refractivity contribution < 1.29 is 24.2 Å². The Morgan fingerprint density at radius 1 is 1.12 bits per heavy atom. The lowest BCUT2D eigenvalue weighted by Gasteiger charge is -2.21. The molecule has 1 heterocycles. The van der Waals surface area contributed by atoms with Crippen LogP contribution >= 0.6 is 0 Å². The second-order valence-corrected chi connectivity index (χ2v) is 6.71. The summed E-state index contributed by atoms with van der Waals surface area (Å²) in [6.45, 7) is 1.37. The molecular formula is C20H26O5. The minimum absolute atomic E-state index is 0.0753. The maximum atomic E-state index is 12.7. The van der Waals surface area contributed by atoms with E-state index in [2.05, 4.69) is 0 Å². The number of hydrogen-bond donors (Lipinski definition) is 1. The number of carbonyl (C=O) groups is 3. The Kier molecular flexibility index (Phi) is 7.31. The first-order chi connectivity index (χ1) is 12.0. The Morgan fingerprint density at radius 3 is 2.52 bits per heavy atom. The van der Waals surface area contributed by atoms with Crippen LogP contribution in [0.4, 0.5) is 0 Å². The Hall–Kier alpha value is -2.01. The fraction of sp³-hybridized carbons (Fsp3) is 0.550. The van der Waals surface area contributed by atoms with E-state index >= 15 is 0 Å². The second-order valence-electron chi connectivity index (χ2n) is 6.71. The van der Waals surface area contributed by atoms with Crippen molar-refractivity contribution in [2.75, 3.05) is 0 Å². The highest BCUT2D eigenvalue weighted by atomic mass is 16.5. The third-order valence-corrected chi connectivity index (χ3v) is 4.42. The van der Waals surface area contributed by atoms with Crippen molar-refractivity contribution in [2.45, 2.75) is 70.5 Å². The predicted molar refractivity (Wildman–Crippen MR) is 93.0 cm³/mol. The number of aryl methyl sites for hydroxylation is 1. The molecule has 0 unspecified atom stereocenters. The Balaban J connectivity index is 2.25. The van der Waals surface area contributed by atoms with E-state index in [-0.39, 0.29) is 24.4 Å². The first kappa shape index (κ1) is 19.3. The van der Waals surface area contributed by atoms with E-state index in [9.17, 15) is 19.5 Å². The molecule has 0 aliphatic carbocycles. The second kappa shape index (κ2) is 9.47. The summed E-state index contributed by atoms with van der Waals surface area (Å²) in [6.07, 6.45) is 2.54. The van der Waals surface area contributed by atoms with E-state index in [1.807, 2.05) is 18.2 Å². The highest BCUT2D eigenvalue weighted by Crippen LogP contribution is 2.28. The summed E-state index contributed by atoms with van der Waals surface area (Å²) in [5.74, 6) is -0.940. The molecule has 1 aliphatic heterocycles. The standard InChI is InChI=1S/C20H26O5/c1-14(21)12-16(22)13-18(23)20-17-10-7-6-9-15(17)8-4-2-3-5-11-19(24)25-20/h6-7,9-10,16,20,22H,2-5,8,11-13H2,1H3/t16-,20-/m0/s1. The highest BCUT2D eigenvalue weighted by molar-refractivity contribution is 5.88. The normalized spacial score (nSPS) is 19.9. The summed E-state index contributed by atoms with van der Waals surface area (Å²) >= 11 is 0. The molecule has 0 spiro atoms. The number of benzene rings is 1. The predicted octanol–water partition coefficient (Wildman–Crippen LogP) is 3.08. The van der Waals surface area contributed by atoms with Crippen molar-refractivity contribution in [2.24, 2.45) is 0 Å². The van der Waals surface area contributed by atoms with Crippen LogP contribution in [0.5, 0.6) is 0 Å². The number of ether oxygens (including phenoxy) is 1. The molecule has 0 aromatic heterocycles. The van der Waals surface area contributed by atoms with Gasteiger partial charge < -0.3 is 9.84 Å². The minimum atomic E-state index is -1.05. The van der Waals surface area contributed by atoms with Gasteiger partial charge in [0.15, 0.2) is 11.9 Å². The van der Waals surface area contributed by atoms with Crippen LogP contribution < -0.4 is 0 Å². The van der Waals surface area contributed by atoms with Crippen LogP contribution in [0.2, 0.25) is 0 Å². The summed E-state index contributed by atoms with van der Waals surface area (Å²) in [7, 11) is 0. The number of fused-ring (bicyclic) bond motifs is 1. The van der Waals surface area contributed by atoms with Gasteiger partial charge in [0.2, 0.25) is 0 Å². The van der Waals surface area contributed by atoms with E-state index in [0.717, 1.165) is 37.7 Å². The topological polar surface area (TPSA) is 80.7 Å².